The smallest absolute Gasteiger partial charge is 0.199 e. The fourth-order valence-corrected chi connectivity index (χ4v) is 3.15. The number of carbonyl (C=O) groups is 1. The van der Waals surface area contributed by atoms with E-state index >= 15 is 0 Å². The first-order valence-corrected chi connectivity index (χ1v) is 8.42. The largest absolute Gasteiger partial charge is 0.286 e. The third-order valence-corrected chi connectivity index (χ3v) is 5.83. The monoisotopic (exact) mass is 312 g/mol. The Labute approximate surface area is 138 Å². The van der Waals surface area contributed by atoms with Crippen molar-refractivity contribution in [3.05, 3.63) is 54.6 Å². The van der Waals surface area contributed by atoms with Crippen LogP contribution in [0.5, 0.6) is 0 Å². The average Bonchev–Trinajstić information content (AvgIpc) is 2.47. The molecule has 0 saturated carbocycles. The lowest BCUT2D eigenvalue weighted by Crippen LogP contribution is -2.35. The first-order valence-electron chi connectivity index (χ1n) is 7.60. The van der Waals surface area contributed by atoms with E-state index in [1.807, 2.05) is 50.2 Å². The van der Waals surface area contributed by atoms with E-state index in [2.05, 4.69) is 39.0 Å². The van der Waals surface area contributed by atoms with Crippen molar-refractivity contribution in [2.75, 3.05) is 0 Å². The van der Waals surface area contributed by atoms with E-state index in [4.69, 9.17) is 0 Å². The molecule has 116 valence electrons. The van der Waals surface area contributed by atoms with E-state index in [1.54, 1.807) is 0 Å². The third-order valence-electron chi connectivity index (χ3n) is 4.56. The SMILES string of the molecule is CC(C)(C)C(C)(C)C(=O)Sc1ccccc1-c1ccccc1. The summed E-state index contributed by atoms with van der Waals surface area (Å²) in [5.74, 6) is 0. The van der Waals surface area contributed by atoms with Gasteiger partial charge in [0.25, 0.3) is 0 Å². The second kappa shape index (κ2) is 6.29. The molecule has 2 rings (SSSR count). The summed E-state index contributed by atoms with van der Waals surface area (Å²) >= 11 is 1.36. The lowest BCUT2D eigenvalue weighted by molar-refractivity contribution is -0.123. The standard InChI is InChI=1S/C20H24OS/c1-19(2,3)20(4,5)18(21)22-17-14-10-9-13-16(17)15-11-7-6-8-12-15/h6-14H,1-5H3. The van der Waals surface area contributed by atoms with Crippen LogP contribution in [0.15, 0.2) is 59.5 Å². The summed E-state index contributed by atoms with van der Waals surface area (Å²) < 4.78 is 0. The molecule has 2 aromatic carbocycles. The predicted molar refractivity (Wildman–Crippen MR) is 96.0 cm³/mol. The maximum atomic E-state index is 12.8. The van der Waals surface area contributed by atoms with E-state index in [0.29, 0.717) is 0 Å². The van der Waals surface area contributed by atoms with Gasteiger partial charge in [-0.25, -0.2) is 0 Å². The van der Waals surface area contributed by atoms with Crippen LogP contribution >= 0.6 is 11.8 Å². The summed E-state index contributed by atoms with van der Waals surface area (Å²) in [6.45, 7) is 10.4. The molecule has 0 unspecified atom stereocenters. The molecule has 2 aromatic rings. The molecule has 0 fully saturated rings. The highest BCUT2D eigenvalue weighted by molar-refractivity contribution is 8.13. The molecule has 0 heterocycles. The van der Waals surface area contributed by atoms with Gasteiger partial charge in [-0.3, -0.25) is 4.79 Å². The van der Waals surface area contributed by atoms with E-state index in [9.17, 15) is 4.79 Å². The second-order valence-electron chi connectivity index (χ2n) is 7.13. The van der Waals surface area contributed by atoms with Crippen molar-refractivity contribution in [3.63, 3.8) is 0 Å². The van der Waals surface area contributed by atoms with Crippen LogP contribution < -0.4 is 0 Å². The van der Waals surface area contributed by atoms with Gasteiger partial charge in [-0.05, 0) is 22.6 Å². The molecule has 0 aliphatic rings. The normalized spacial score (nSPS) is 12.2. The van der Waals surface area contributed by atoms with Crippen LogP contribution in [-0.4, -0.2) is 5.12 Å². The van der Waals surface area contributed by atoms with Gasteiger partial charge in [0.1, 0.15) is 0 Å². The summed E-state index contributed by atoms with van der Waals surface area (Å²) in [5.41, 5.74) is 1.80. The van der Waals surface area contributed by atoms with E-state index in [-0.39, 0.29) is 15.9 Å². The zero-order valence-electron chi connectivity index (χ0n) is 14.0. The average molecular weight is 312 g/mol. The van der Waals surface area contributed by atoms with Gasteiger partial charge in [0, 0.05) is 10.3 Å². The first kappa shape index (κ1) is 16.8. The van der Waals surface area contributed by atoms with Crippen LogP contribution in [0.25, 0.3) is 11.1 Å². The Hall–Kier alpha value is -1.54. The molecule has 0 aliphatic carbocycles. The van der Waals surface area contributed by atoms with E-state index in [1.165, 1.54) is 11.8 Å². The van der Waals surface area contributed by atoms with Crippen molar-refractivity contribution in [2.24, 2.45) is 10.8 Å². The molecule has 0 N–H and O–H groups in total. The minimum Gasteiger partial charge on any atom is -0.286 e. The van der Waals surface area contributed by atoms with Gasteiger partial charge < -0.3 is 0 Å². The van der Waals surface area contributed by atoms with Crippen molar-refractivity contribution in [3.8, 4) is 11.1 Å². The van der Waals surface area contributed by atoms with Crippen LogP contribution in [0, 0.1) is 10.8 Å². The molecule has 1 nitrogen and oxygen atoms in total. The zero-order chi connectivity index (χ0) is 16.4. The number of hydrogen-bond donors (Lipinski definition) is 0. The van der Waals surface area contributed by atoms with Crippen LogP contribution in [-0.2, 0) is 4.79 Å². The highest BCUT2D eigenvalue weighted by atomic mass is 32.2. The molecule has 0 saturated heterocycles. The molecule has 22 heavy (non-hydrogen) atoms. The fourth-order valence-electron chi connectivity index (χ4n) is 1.95. The Balaban J connectivity index is 2.34. The minimum absolute atomic E-state index is 0.0707. The number of hydrogen-bond acceptors (Lipinski definition) is 2. The van der Waals surface area contributed by atoms with Gasteiger partial charge >= 0.3 is 0 Å². The van der Waals surface area contributed by atoms with Crippen LogP contribution in [0.3, 0.4) is 0 Å². The van der Waals surface area contributed by atoms with Gasteiger partial charge in [-0.15, -0.1) is 0 Å². The number of thioether (sulfide) groups is 1. The van der Waals surface area contributed by atoms with E-state index < -0.39 is 0 Å². The Morgan fingerprint density at radius 2 is 1.36 bits per heavy atom. The zero-order valence-corrected chi connectivity index (χ0v) is 14.8. The van der Waals surface area contributed by atoms with Gasteiger partial charge in [-0.1, -0.05) is 94.9 Å². The highest BCUT2D eigenvalue weighted by Crippen LogP contribution is 2.44. The Morgan fingerprint density at radius 3 is 1.95 bits per heavy atom. The maximum Gasteiger partial charge on any atom is 0.199 e. The number of benzene rings is 2. The minimum atomic E-state index is -0.387. The quantitative estimate of drug-likeness (QED) is 0.642. The Kier molecular flexibility index (Phi) is 4.81. The number of carbonyl (C=O) groups excluding carboxylic acids is 1. The topological polar surface area (TPSA) is 17.1 Å². The van der Waals surface area contributed by atoms with Gasteiger partial charge in [0.2, 0.25) is 0 Å². The van der Waals surface area contributed by atoms with Gasteiger partial charge in [0.05, 0.1) is 0 Å². The Bertz CT molecular complexity index is 651. The lowest BCUT2D eigenvalue weighted by atomic mass is 9.70. The summed E-state index contributed by atoms with van der Waals surface area (Å²) in [6, 6.07) is 18.3. The maximum absolute atomic E-state index is 12.8. The number of rotatable bonds is 3. The molecule has 0 atom stereocenters. The molecular weight excluding hydrogens is 288 g/mol. The molecule has 2 heteroatoms. The summed E-state index contributed by atoms with van der Waals surface area (Å²) in [7, 11) is 0. The predicted octanol–water partition coefficient (Wildman–Crippen LogP) is 6.04. The molecule has 0 amide bonds. The van der Waals surface area contributed by atoms with Crippen LogP contribution in [0.2, 0.25) is 0 Å². The molecule has 0 spiro atoms. The molecule has 0 radical (unpaired) electrons. The highest BCUT2D eigenvalue weighted by Gasteiger charge is 2.40. The molecule has 0 aromatic heterocycles. The molecular formula is C20H24OS. The first-order chi connectivity index (χ1) is 10.2. The summed E-state index contributed by atoms with van der Waals surface area (Å²) in [6.07, 6.45) is 0. The molecule has 0 bridgehead atoms. The van der Waals surface area contributed by atoms with Crippen molar-refractivity contribution in [2.45, 2.75) is 39.5 Å². The van der Waals surface area contributed by atoms with Crippen LogP contribution in [0.4, 0.5) is 0 Å². The van der Waals surface area contributed by atoms with Crippen molar-refractivity contribution < 1.29 is 4.79 Å². The van der Waals surface area contributed by atoms with Crippen molar-refractivity contribution in [1.82, 2.24) is 0 Å². The van der Waals surface area contributed by atoms with Crippen molar-refractivity contribution in [1.29, 1.82) is 0 Å². The second-order valence-corrected chi connectivity index (χ2v) is 8.14. The van der Waals surface area contributed by atoms with E-state index in [0.717, 1.165) is 16.0 Å². The fraction of sp³-hybridized carbons (Fsp3) is 0.350. The third kappa shape index (κ3) is 3.44. The van der Waals surface area contributed by atoms with Crippen molar-refractivity contribution >= 4 is 16.9 Å². The summed E-state index contributed by atoms with van der Waals surface area (Å²) in [4.78, 5) is 13.9. The van der Waals surface area contributed by atoms with Gasteiger partial charge in [-0.2, -0.15) is 0 Å². The summed E-state index contributed by atoms with van der Waals surface area (Å²) in [5, 5.41) is 0.211. The van der Waals surface area contributed by atoms with Crippen LogP contribution in [0.1, 0.15) is 34.6 Å². The Morgan fingerprint density at radius 1 is 0.818 bits per heavy atom. The van der Waals surface area contributed by atoms with Gasteiger partial charge in [0.15, 0.2) is 5.12 Å². The lowest BCUT2D eigenvalue weighted by Gasteiger charge is -2.36. The molecule has 0 aliphatic heterocycles.